The molecular weight excluding hydrogens is 362 g/mol. The highest BCUT2D eigenvalue weighted by Gasteiger charge is 2.21. The highest BCUT2D eigenvalue weighted by molar-refractivity contribution is 5.83. The largest absolute Gasteiger partial charge is 0.368 e. The maximum Gasteiger partial charge on any atom is 0.251 e. The highest BCUT2D eigenvalue weighted by atomic mass is 16.2. The van der Waals surface area contributed by atoms with Gasteiger partial charge in [0.25, 0.3) is 5.56 Å². The molecule has 0 aliphatic carbocycles. The molecule has 0 radical (unpaired) electrons. The van der Waals surface area contributed by atoms with Gasteiger partial charge in [0.15, 0.2) is 0 Å². The van der Waals surface area contributed by atoms with Gasteiger partial charge in [0.05, 0.1) is 5.52 Å². The molecule has 1 N–H and O–H groups in total. The number of H-pyrrole nitrogens is 1. The smallest absolute Gasteiger partial charge is 0.251 e. The Morgan fingerprint density at radius 1 is 1.00 bits per heavy atom. The minimum Gasteiger partial charge on any atom is -0.368 e. The van der Waals surface area contributed by atoms with Crippen LogP contribution in [0.1, 0.15) is 23.1 Å². The zero-order chi connectivity index (χ0) is 20.4. The molecule has 3 aromatic rings. The van der Waals surface area contributed by atoms with Crippen LogP contribution in [0.15, 0.2) is 53.3 Å². The lowest BCUT2D eigenvalue weighted by atomic mass is 10.0. The van der Waals surface area contributed by atoms with Crippen LogP contribution in [0.4, 0.5) is 5.69 Å². The lowest BCUT2D eigenvalue weighted by Gasteiger charge is -2.36. The minimum absolute atomic E-state index is 0.0915. The van der Waals surface area contributed by atoms with Crippen molar-refractivity contribution in [1.82, 2.24) is 9.88 Å². The van der Waals surface area contributed by atoms with Gasteiger partial charge in [0.2, 0.25) is 5.91 Å². The lowest BCUT2D eigenvalue weighted by Crippen LogP contribution is -2.48. The van der Waals surface area contributed by atoms with Gasteiger partial charge in [-0.3, -0.25) is 9.59 Å². The summed E-state index contributed by atoms with van der Waals surface area (Å²) in [6.45, 7) is 7.18. The Morgan fingerprint density at radius 3 is 2.45 bits per heavy atom. The number of hydrogen-bond acceptors (Lipinski definition) is 3. The number of hydrogen-bond donors (Lipinski definition) is 1. The van der Waals surface area contributed by atoms with E-state index in [1.807, 2.05) is 36.1 Å². The predicted octanol–water partition coefficient (Wildman–Crippen LogP) is 3.43. The molecule has 0 spiro atoms. The topological polar surface area (TPSA) is 56.4 Å². The molecule has 0 unspecified atom stereocenters. The molecule has 1 amide bonds. The monoisotopic (exact) mass is 389 g/mol. The van der Waals surface area contributed by atoms with Crippen LogP contribution < -0.4 is 10.5 Å². The number of rotatable bonds is 4. The van der Waals surface area contributed by atoms with E-state index in [-0.39, 0.29) is 11.5 Å². The second-order valence-electron chi connectivity index (χ2n) is 7.87. The summed E-state index contributed by atoms with van der Waals surface area (Å²) in [5.41, 5.74) is 4.90. The van der Waals surface area contributed by atoms with E-state index in [2.05, 4.69) is 41.1 Å². The molecule has 5 nitrogen and oxygen atoms in total. The first-order chi connectivity index (χ1) is 14.0. The molecule has 1 fully saturated rings. The van der Waals surface area contributed by atoms with E-state index in [0.29, 0.717) is 18.4 Å². The number of aryl methyl sites for hydroxylation is 3. The van der Waals surface area contributed by atoms with E-state index in [9.17, 15) is 9.59 Å². The molecule has 2 heterocycles. The van der Waals surface area contributed by atoms with Crippen molar-refractivity contribution in [3.05, 3.63) is 75.6 Å². The van der Waals surface area contributed by atoms with Crippen molar-refractivity contribution in [2.45, 2.75) is 26.7 Å². The Bertz CT molecular complexity index is 1080. The summed E-state index contributed by atoms with van der Waals surface area (Å²) in [5.74, 6) is 0.123. The van der Waals surface area contributed by atoms with Crippen molar-refractivity contribution in [3.63, 3.8) is 0 Å². The summed E-state index contributed by atoms with van der Waals surface area (Å²) in [5, 5.41) is 1.03. The molecule has 150 valence electrons. The van der Waals surface area contributed by atoms with Crippen LogP contribution in [0.5, 0.6) is 0 Å². The third kappa shape index (κ3) is 4.19. The first kappa shape index (κ1) is 19.2. The number of piperazine rings is 1. The summed E-state index contributed by atoms with van der Waals surface area (Å²) < 4.78 is 0. The molecule has 1 aromatic heterocycles. The average Bonchev–Trinajstić information content (AvgIpc) is 2.73. The molecule has 1 aliphatic heterocycles. The Hall–Kier alpha value is -3.08. The summed E-state index contributed by atoms with van der Waals surface area (Å²) in [7, 11) is 0. The molecule has 0 saturated carbocycles. The third-order valence-corrected chi connectivity index (χ3v) is 5.73. The van der Waals surface area contributed by atoms with E-state index in [1.165, 1.54) is 11.3 Å². The minimum atomic E-state index is -0.0915. The molecule has 1 aliphatic rings. The van der Waals surface area contributed by atoms with Crippen molar-refractivity contribution in [1.29, 1.82) is 0 Å². The summed E-state index contributed by atoms with van der Waals surface area (Å²) in [6, 6.07) is 16.4. The molecule has 0 bridgehead atoms. The van der Waals surface area contributed by atoms with Crippen LogP contribution >= 0.6 is 0 Å². The maximum atomic E-state index is 12.7. The van der Waals surface area contributed by atoms with E-state index >= 15 is 0 Å². The number of pyridine rings is 1. The fraction of sp³-hybridized carbons (Fsp3) is 0.333. The molecule has 29 heavy (non-hydrogen) atoms. The van der Waals surface area contributed by atoms with Crippen molar-refractivity contribution >= 4 is 22.5 Å². The maximum absolute atomic E-state index is 12.7. The molecule has 5 heteroatoms. The van der Waals surface area contributed by atoms with Crippen molar-refractivity contribution < 1.29 is 4.79 Å². The van der Waals surface area contributed by atoms with Gasteiger partial charge in [0, 0.05) is 43.9 Å². The van der Waals surface area contributed by atoms with Gasteiger partial charge in [0.1, 0.15) is 0 Å². The quantitative estimate of drug-likeness (QED) is 0.744. The second kappa shape index (κ2) is 8.11. The highest BCUT2D eigenvalue weighted by Crippen LogP contribution is 2.19. The van der Waals surface area contributed by atoms with E-state index in [1.54, 1.807) is 0 Å². The molecule has 4 rings (SSSR count). The van der Waals surface area contributed by atoms with Gasteiger partial charge in [-0.15, -0.1) is 0 Å². The van der Waals surface area contributed by atoms with E-state index in [0.717, 1.165) is 42.6 Å². The Morgan fingerprint density at radius 2 is 1.72 bits per heavy atom. The number of para-hydroxylation sites is 1. The SMILES string of the molecule is Cc1cc(C)c2[nH]c(=O)c(CCC(=O)N3CCN(c4ccccc4)CC3)cc2c1. The van der Waals surface area contributed by atoms with Gasteiger partial charge < -0.3 is 14.8 Å². The van der Waals surface area contributed by atoms with Crippen LogP contribution in [0.3, 0.4) is 0 Å². The van der Waals surface area contributed by atoms with Gasteiger partial charge in [-0.05, 0) is 55.5 Å². The lowest BCUT2D eigenvalue weighted by molar-refractivity contribution is -0.131. The van der Waals surface area contributed by atoms with Crippen molar-refractivity contribution in [2.75, 3.05) is 31.1 Å². The number of amides is 1. The Labute approximate surface area is 171 Å². The fourth-order valence-corrected chi connectivity index (χ4v) is 4.17. The molecule has 1 saturated heterocycles. The number of aromatic amines is 1. The van der Waals surface area contributed by atoms with Crippen LogP contribution in [0.25, 0.3) is 10.9 Å². The van der Waals surface area contributed by atoms with Crippen molar-refractivity contribution in [2.24, 2.45) is 0 Å². The summed E-state index contributed by atoms with van der Waals surface area (Å²) in [6.07, 6.45) is 0.834. The normalized spacial score (nSPS) is 14.4. The second-order valence-corrected chi connectivity index (χ2v) is 7.87. The number of aromatic nitrogens is 1. The molecular formula is C24H27N3O2. The van der Waals surface area contributed by atoms with Crippen LogP contribution in [0.2, 0.25) is 0 Å². The Balaban J connectivity index is 1.39. The van der Waals surface area contributed by atoms with E-state index in [4.69, 9.17) is 0 Å². The number of benzene rings is 2. The predicted molar refractivity (Wildman–Crippen MR) is 118 cm³/mol. The van der Waals surface area contributed by atoms with Gasteiger partial charge >= 0.3 is 0 Å². The van der Waals surface area contributed by atoms with Crippen LogP contribution in [-0.4, -0.2) is 42.0 Å². The molecule has 2 aromatic carbocycles. The number of nitrogens with one attached hydrogen (secondary N) is 1. The Kier molecular flexibility index (Phi) is 5.38. The first-order valence-corrected chi connectivity index (χ1v) is 10.2. The number of carbonyl (C=O) groups excluding carboxylic acids is 1. The summed E-state index contributed by atoms with van der Waals surface area (Å²) >= 11 is 0. The fourth-order valence-electron chi connectivity index (χ4n) is 4.17. The van der Waals surface area contributed by atoms with Crippen LogP contribution in [0, 0.1) is 13.8 Å². The average molecular weight is 389 g/mol. The zero-order valence-corrected chi connectivity index (χ0v) is 17.1. The number of nitrogens with zero attached hydrogens (tertiary/aromatic N) is 2. The zero-order valence-electron chi connectivity index (χ0n) is 17.1. The standard InChI is InChI=1S/C24H27N3O2/c1-17-14-18(2)23-20(15-17)16-19(24(29)25-23)8-9-22(28)27-12-10-26(11-13-27)21-6-4-3-5-7-21/h3-7,14-16H,8-13H2,1-2H3,(H,25,29). The van der Waals surface area contributed by atoms with Gasteiger partial charge in [-0.1, -0.05) is 29.8 Å². The number of anilines is 1. The van der Waals surface area contributed by atoms with E-state index < -0.39 is 0 Å². The number of carbonyl (C=O) groups is 1. The van der Waals surface area contributed by atoms with Crippen LogP contribution in [-0.2, 0) is 11.2 Å². The summed E-state index contributed by atoms with van der Waals surface area (Å²) in [4.78, 5) is 32.4. The third-order valence-electron chi connectivity index (χ3n) is 5.73. The number of fused-ring (bicyclic) bond motifs is 1. The van der Waals surface area contributed by atoms with Gasteiger partial charge in [-0.25, -0.2) is 0 Å². The molecule has 0 atom stereocenters. The van der Waals surface area contributed by atoms with Gasteiger partial charge in [-0.2, -0.15) is 0 Å². The van der Waals surface area contributed by atoms with Crippen molar-refractivity contribution in [3.8, 4) is 0 Å². The first-order valence-electron chi connectivity index (χ1n) is 10.2.